The van der Waals surface area contributed by atoms with E-state index in [2.05, 4.69) is 4.98 Å². The Morgan fingerprint density at radius 3 is 2.60 bits per heavy atom. The third-order valence-electron chi connectivity index (χ3n) is 5.48. The Labute approximate surface area is 196 Å². The van der Waals surface area contributed by atoms with Crippen molar-refractivity contribution in [3.05, 3.63) is 95.1 Å². The van der Waals surface area contributed by atoms with Crippen LogP contribution in [0.15, 0.2) is 66.7 Å². The van der Waals surface area contributed by atoms with Crippen LogP contribution in [0.5, 0.6) is 5.75 Å². The van der Waals surface area contributed by atoms with Crippen LogP contribution < -0.4 is 4.74 Å². The van der Waals surface area contributed by atoms with Crippen molar-refractivity contribution in [2.75, 3.05) is 0 Å². The zero-order valence-corrected chi connectivity index (χ0v) is 18.1. The second-order valence-corrected chi connectivity index (χ2v) is 7.89. The van der Waals surface area contributed by atoms with E-state index in [1.54, 1.807) is 12.1 Å². The van der Waals surface area contributed by atoms with Gasteiger partial charge in [-0.3, -0.25) is 4.79 Å². The number of halogens is 4. The molecule has 1 aliphatic rings. The van der Waals surface area contributed by atoms with Crippen LogP contribution in [0.25, 0.3) is 11.0 Å². The lowest BCUT2D eigenvalue weighted by Gasteiger charge is -2.28. The lowest BCUT2D eigenvalue weighted by Crippen LogP contribution is -2.21. The SMILES string of the molecule is O=C(Cn1c(C(F)(F)F)nc2ccccc21)OCc1cc(F)cc2c1OC(c1ccccc1)OC2. The smallest absolute Gasteiger partial charge is 0.449 e. The van der Waals surface area contributed by atoms with Crippen LogP contribution in [0.2, 0.25) is 0 Å². The molecule has 1 aliphatic heterocycles. The number of hydrogen-bond donors (Lipinski definition) is 0. The summed E-state index contributed by atoms with van der Waals surface area (Å²) in [5, 5.41) is 0. The fraction of sp³-hybridized carbons (Fsp3) is 0.200. The van der Waals surface area contributed by atoms with Gasteiger partial charge in [-0.05, 0) is 24.3 Å². The molecule has 0 aliphatic carbocycles. The summed E-state index contributed by atoms with van der Waals surface area (Å²) in [7, 11) is 0. The second-order valence-electron chi connectivity index (χ2n) is 7.89. The molecule has 2 heterocycles. The number of alkyl halides is 3. The Morgan fingerprint density at radius 1 is 1.09 bits per heavy atom. The molecule has 0 N–H and O–H groups in total. The molecule has 35 heavy (non-hydrogen) atoms. The average molecular weight is 486 g/mol. The number of esters is 1. The Morgan fingerprint density at radius 2 is 1.83 bits per heavy atom. The second kappa shape index (κ2) is 9.03. The summed E-state index contributed by atoms with van der Waals surface area (Å²) in [5.41, 5.74) is 1.67. The molecule has 0 saturated heterocycles. The van der Waals surface area contributed by atoms with Crippen LogP contribution in [0.3, 0.4) is 0 Å². The summed E-state index contributed by atoms with van der Waals surface area (Å²) in [5.74, 6) is -2.42. The van der Waals surface area contributed by atoms with Gasteiger partial charge < -0.3 is 18.8 Å². The molecule has 0 radical (unpaired) electrons. The largest absolute Gasteiger partial charge is 0.460 e. The molecule has 0 bridgehead atoms. The molecule has 1 unspecified atom stereocenters. The van der Waals surface area contributed by atoms with Crippen molar-refractivity contribution < 1.29 is 36.6 Å². The molecule has 1 aromatic heterocycles. The Balaban J connectivity index is 1.36. The minimum atomic E-state index is -4.76. The lowest BCUT2D eigenvalue weighted by atomic mass is 10.1. The minimum absolute atomic E-state index is 0.0730. The number of fused-ring (bicyclic) bond motifs is 2. The maximum Gasteiger partial charge on any atom is 0.449 e. The highest BCUT2D eigenvalue weighted by Gasteiger charge is 2.38. The van der Waals surface area contributed by atoms with E-state index in [9.17, 15) is 22.4 Å². The van der Waals surface area contributed by atoms with Gasteiger partial charge in [0.1, 0.15) is 24.7 Å². The summed E-state index contributed by atoms with van der Waals surface area (Å²) in [4.78, 5) is 16.2. The van der Waals surface area contributed by atoms with E-state index in [0.29, 0.717) is 11.3 Å². The molecule has 1 atom stereocenters. The zero-order chi connectivity index (χ0) is 24.6. The van der Waals surface area contributed by atoms with Gasteiger partial charge in [0.05, 0.1) is 17.6 Å². The molecule has 0 fully saturated rings. The topological polar surface area (TPSA) is 62.6 Å². The van der Waals surface area contributed by atoms with Crippen molar-refractivity contribution in [2.24, 2.45) is 0 Å². The van der Waals surface area contributed by atoms with Crippen molar-refractivity contribution >= 4 is 17.0 Å². The molecule has 180 valence electrons. The number of hydrogen-bond acceptors (Lipinski definition) is 5. The molecule has 6 nitrogen and oxygen atoms in total. The van der Waals surface area contributed by atoms with Crippen LogP contribution in [0.1, 0.15) is 28.8 Å². The number of ether oxygens (including phenoxy) is 3. The van der Waals surface area contributed by atoms with Gasteiger partial charge in [-0.25, -0.2) is 9.37 Å². The van der Waals surface area contributed by atoms with Gasteiger partial charge >= 0.3 is 12.1 Å². The van der Waals surface area contributed by atoms with Gasteiger partial charge in [-0.15, -0.1) is 0 Å². The third kappa shape index (κ3) is 4.69. The summed E-state index contributed by atoms with van der Waals surface area (Å²) < 4.78 is 72.2. The summed E-state index contributed by atoms with van der Waals surface area (Å²) in [6.07, 6.45) is -5.50. The van der Waals surface area contributed by atoms with E-state index < -0.39 is 43.2 Å². The predicted octanol–water partition coefficient (Wildman–Crippen LogP) is 5.55. The number of benzene rings is 3. The van der Waals surface area contributed by atoms with Gasteiger partial charge in [0, 0.05) is 16.7 Å². The molecule has 5 rings (SSSR count). The third-order valence-corrected chi connectivity index (χ3v) is 5.48. The Bertz CT molecular complexity index is 1390. The number of carbonyl (C=O) groups is 1. The first-order valence-electron chi connectivity index (χ1n) is 10.6. The molecule has 0 saturated carbocycles. The maximum absolute atomic E-state index is 14.2. The number of nitrogens with zero attached hydrogens (tertiary/aromatic N) is 2. The zero-order valence-electron chi connectivity index (χ0n) is 18.1. The van der Waals surface area contributed by atoms with Gasteiger partial charge in [0.25, 0.3) is 0 Å². The van der Waals surface area contributed by atoms with Gasteiger partial charge in [0.2, 0.25) is 12.1 Å². The quantitative estimate of drug-likeness (QED) is 0.274. The molecule has 4 aromatic rings. The fourth-order valence-electron chi connectivity index (χ4n) is 3.94. The molecular formula is C25H18F4N2O4. The van der Waals surface area contributed by atoms with E-state index in [0.717, 1.165) is 16.2 Å². The minimum Gasteiger partial charge on any atom is -0.460 e. The standard InChI is InChI=1S/C25H18F4N2O4/c26-18-10-16(22-17(11-18)14-34-23(35-22)15-6-2-1-3-7-15)13-33-21(32)12-31-20-9-5-4-8-19(20)30-24(31)25(27,28)29/h1-11,23H,12-14H2. The monoisotopic (exact) mass is 486 g/mol. The van der Waals surface area contributed by atoms with E-state index in [4.69, 9.17) is 14.2 Å². The maximum atomic E-state index is 14.2. The van der Waals surface area contributed by atoms with Crippen LogP contribution in [-0.4, -0.2) is 15.5 Å². The highest BCUT2D eigenvalue weighted by atomic mass is 19.4. The normalized spacial score (nSPS) is 15.5. The molecule has 0 amide bonds. The number of carbonyl (C=O) groups excluding carboxylic acids is 1. The first-order valence-corrected chi connectivity index (χ1v) is 10.6. The number of aromatic nitrogens is 2. The van der Waals surface area contributed by atoms with Gasteiger partial charge in [-0.1, -0.05) is 42.5 Å². The Kier molecular flexibility index (Phi) is 5.89. The first-order chi connectivity index (χ1) is 16.8. The molecule has 0 spiro atoms. The van der Waals surface area contributed by atoms with Crippen LogP contribution >= 0.6 is 0 Å². The van der Waals surface area contributed by atoms with Crippen molar-refractivity contribution in [3.8, 4) is 5.75 Å². The van der Waals surface area contributed by atoms with Crippen LogP contribution in [0, 0.1) is 5.82 Å². The summed E-state index contributed by atoms with van der Waals surface area (Å²) >= 11 is 0. The lowest BCUT2D eigenvalue weighted by molar-refractivity contribution is -0.151. The Hall–Kier alpha value is -3.92. The van der Waals surface area contributed by atoms with E-state index >= 15 is 0 Å². The average Bonchev–Trinajstić information content (AvgIpc) is 3.22. The van der Waals surface area contributed by atoms with Gasteiger partial charge in [0.15, 0.2) is 0 Å². The van der Waals surface area contributed by atoms with E-state index in [1.807, 2.05) is 30.3 Å². The predicted molar refractivity (Wildman–Crippen MR) is 116 cm³/mol. The molecule has 3 aromatic carbocycles. The van der Waals surface area contributed by atoms with E-state index in [1.165, 1.54) is 18.2 Å². The van der Waals surface area contributed by atoms with Crippen molar-refractivity contribution in [2.45, 2.75) is 32.2 Å². The van der Waals surface area contributed by atoms with Crippen molar-refractivity contribution in [1.82, 2.24) is 9.55 Å². The van der Waals surface area contributed by atoms with E-state index in [-0.39, 0.29) is 23.2 Å². The molecule has 10 heteroatoms. The number of imidazole rings is 1. The summed E-state index contributed by atoms with van der Waals surface area (Å²) in [6, 6.07) is 17.5. The van der Waals surface area contributed by atoms with Crippen LogP contribution in [-0.2, 0) is 40.2 Å². The highest BCUT2D eigenvalue weighted by Crippen LogP contribution is 2.37. The number of rotatable bonds is 5. The van der Waals surface area contributed by atoms with Crippen molar-refractivity contribution in [3.63, 3.8) is 0 Å². The first kappa shape index (κ1) is 22.9. The van der Waals surface area contributed by atoms with Gasteiger partial charge in [-0.2, -0.15) is 13.2 Å². The highest BCUT2D eigenvalue weighted by molar-refractivity contribution is 5.79. The molecular weight excluding hydrogens is 468 g/mol. The number of para-hydroxylation sites is 2. The fourth-order valence-corrected chi connectivity index (χ4v) is 3.94. The van der Waals surface area contributed by atoms with Crippen LogP contribution in [0.4, 0.5) is 17.6 Å². The van der Waals surface area contributed by atoms with Crippen molar-refractivity contribution in [1.29, 1.82) is 0 Å². The summed E-state index contributed by atoms with van der Waals surface area (Å²) in [6.45, 7) is -1.04.